The number of pyridine rings is 1. The Morgan fingerprint density at radius 2 is 1.67 bits per heavy atom. The van der Waals surface area contributed by atoms with Crippen LogP contribution in [0.25, 0.3) is 22.4 Å². The molecule has 48 heavy (non-hydrogen) atoms. The van der Waals surface area contributed by atoms with Gasteiger partial charge >= 0.3 is 12.2 Å². The van der Waals surface area contributed by atoms with Crippen molar-refractivity contribution in [1.82, 2.24) is 30.0 Å². The molecule has 6 rings (SSSR count). The molecule has 244 valence electrons. The molecule has 10 nitrogen and oxygen atoms in total. The van der Waals surface area contributed by atoms with E-state index in [4.69, 9.17) is 0 Å². The van der Waals surface area contributed by atoms with Crippen molar-refractivity contribution in [2.24, 2.45) is 7.05 Å². The lowest BCUT2D eigenvalue weighted by Crippen LogP contribution is -2.49. The molecule has 0 unspecified atom stereocenters. The summed E-state index contributed by atoms with van der Waals surface area (Å²) in [4.78, 5) is 28.9. The Hall–Kier alpha value is -5.77. The van der Waals surface area contributed by atoms with Gasteiger partial charge in [-0.05, 0) is 55.5 Å². The molecule has 2 aromatic carbocycles. The van der Waals surface area contributed by atoms with Crippen molar-refractivity contribution in [3.63, 3.8) is 0 Å². The second-order valence-electron chi connectivity index (χ2n) is 11.6. The van der Waals surface area contributed by atoms with Crippen molar-refractivity contribution < 1.29 is 18.0 Å². The van der Waals surface area contributed by atoms with Crippen molar-refractivity contribution in [3.8, 4) is 28.5 Å². The number of amides is 2. The van der Waals surface area contributed by atoms with E-state index < -0.39 is 11.7 Å². The van der Waals surface area contributed by atoms with Crippen molar-refractivity contribution in [2.75, 3.05) is 10.2 Å². The molecule has 2 N–H and O–H groups in total. The van der Waals surface area contributed by atoms with Gasteiger partial charge in [0.2, 0.25) is 5.95 Å². The Bertz CT molecular complexity index is 1900. The van der Waals surface area contributed by atoms with Crippen LogP contribution in [0.1, 0.15) is 42.4 Å². The van der Waals surface area contributed by atoms with Crippen LogP contribution in [-0.4, -0.2) is 42.8 Å². The maximum absolute atomic E-state index is 13.7. The second kappa shape index (κ2) is 13.9. The van der Waals surface area contributed by atoms with Crippen LogP contribution in [0, 0.1) is 11.3 Å². The first-order valence-electron chi connectivity index (χ1n) is 15.5. The number of carbonyl (C=O) groups excluding carboxylic acids is 1. The summed E-state index contributed by atoms with van der Waals surface area (Å²) < 4.78 is 41.0. The number of nitrogens with one attached hydrogen (secondary N) is 2. The van der Waals surface area contributed by atoms with E-state index in [1.54, 1.807) is 22.0 Å². The second-order valence-corrected chi connectivity index (χ2v) is 11.6. The predicted octanol–water partition coefficient (Wildman–Crippen LogP) is 6.97. The summed E-state index contributed by atoms with van der Waals surface area (Å²) in [5.74, 6) is 0.818. The van der Waals surface area contributed by atoms with Gasteiger partial charge in [-0.15, -0.1) is 0 Å². The fourth-order valence-corrected chi connectivity index (χ4v) is 5.82. The zero-order chi connectivity index (χ0) is 33.7. The minimum Gasteiger partial charge on any atom is -0.351 e. The summed E-state index contributed by atoms with van der Waals surface area (Å²) in [5.41, 5.74) is 2.81. The van der Waals surface area contributed by atoms with Crippen molar-refractivity contribution >= 4 is 17.8 Å². The molecule has 0 aliphatic heterocycles. The lowest BCUT2D eigenvalue weighted by molar-refractivity contribution is -0.137. The van der Waals surface area contributed by atoms with E-state index in [1.165, 1.54) is 18.3 Å². The molecule has 1 aliphatic rings. The number of carbonyl (C=O) groups is 1. The largest absolute Gasteiger partial charge is 0.416 e. The van der Waals surface area contributed by atoms with E-state index in [-0.39, 0.29) is 35.3 Å². The van der Waals surface area contributed by atoms with Gasteiger partial charge in [-0.1, -0.05) is 42.5 Å². The molecule has 5 aromatic rings. The number of alkyl halides is 3. The highest BCUT2D eigenvalue weighted by Gasteiger charge is 2.32. The highest BCUT2D eigenvalue weighted by molar-refractivity contribution is 5.91. The number of halogens is 3. The summed E-state index contributed by atoms with van der Waals surface area (Å²) in [5, 5.41) is 20.2. The lowest BCUT2D eigenvalue weighted by Gasteiger charge is -2.36. The quantitative estimate of drug-likeness (QED) is 0.186. The van der Waals surface area contributed by atoms with E-state index in [0.717, 1.165) is 28.8 Å². The molecule has 3 aromatic heterocycles. The molecular formula is C35H32F3N9O. The number of nitrogens with zero attached hydrogens (tertiary/aromatic N) is 7. The minimum absolute atomic E-state index is 0.0233. The molecule has 0 spiro atoms. The average molecular weight is 652 g/mol. The third-order valence-corrected chi connectivity index (χ3v) is 8.33. The number of urea groups is 1. The van der Waals surface area contributed by atoms with Crippen LogP contribution in [0.4, 0.5) is 29.7 Å². The van der Waals surface area contributed by atoms with Gasteiger partial charge in [0.25, 0.3) is 0 Å². The number of aryl methyl sites for hydroxylation is 1. The van der Waals surface area contributed by atoms with Gasteiger partial charge in [0, 0.05) is 54.8 Å². The van der Waals surface area contributed by atoms with Gasteiger partial charge < -0.3 is 10.6 Å². The number of aromatic nitrogens is 5. The van der Waals surface area contributed by atoms with Gasteiger partial charge in [-0.2, -0.15) is 23.5 Å². The van der Waals surface area contributed by atoms with E-state index in [1.807, 2.05) is 61.8 Å². The molecule has 1 aliphatic carbocycles. The first-order valence-corrected chi connectivity index (χ1v) is 15.5. The summed E-state index contributed by atoms with van der Waals surface area (Å²) in [6, 6.07) is 19.6. The fourth-order valence-electron chi connectivity index (χ4n) is 5.82. The van der Waals surface area contributed by atoms with Gasteiger partial charge in [-0.25, -0.2) is 19.7 Å². The topological polar surface area (TPSA) is 125 Å². The van der Waals surface area contributed by atoms with Crippen molar-refractivity contribution in [3.05, 3.63) is 108 Å². The van der Waals surface area contributed by atoms with Gasteiger partial charge in [0.15, 0.2) is 0 Å². The first kappa shape index (κ1) is 32.2. The van der Waals surface area contributed by atoms with Gasteiger partial charge in [-0.3, -0.25) is 9.58 Å². The minimum atomic E-state index is -4.47. The standard InChI is InChI=1S/C35H32F3N9O/c1-46-22-27(21-43-46)25-9-16-31(40-19-25)47(34(48)42-18-23-5-3-2-4-6-23)30-14-12-29(13-15-30)44-33-41-20-26(17-39)32(45-33)24-7-10-28(11-8-24)35(36,37)38/h2-11,16,19-22,29-30H,12-15,18H2,1H3,(H,42,48)(H,41,44,45). The maximum Gasteiger partial charge on any atom is 0.416 e. The Balaban J connectivity index is 1.16. The fraction of sp³-hybridized carbons (Fsp3) is 0.257. The number of rotatable bonds is 8. The Kier molecular flexibility index (Phi) is 9.33. The lowest BCUT2D eigenvalue weighted by atomic mass is 9.90. The smallest absolute Gasteiger partial charge is 0.351 e. The number of hydrogen-bond acceptors (Lipinski definition) is 7. The monoisotopic (exact) mass is 651 g/mol. The van der Waals surface area contributed by atoms with Gasteiger partial charge in [0.05, 0.1) is 29.2 Å². The Labute approximate surface area is 275 Å². The number of anilines is 2. The molecule has 2 amide bonds. The number of hydrogen-bond donors (Lipinski definition) is 2. The van der Waals surface area contributed by atoms with E-state index in [0.29, 0.717) is 43.6 Å². The Morgan fingerprint density at radius 1 is 0.938 bits per heavy atom. The van der Waals surface area contributed by atoms with Crippen molar-refractivity contribution in [1.29, 1.82) is 5.26 Å². The third-order valence-electron chi connectivity index (χ3n) is 8.33. The van der Waals surface area contributed by atoms with Crippen LogP contribution in [0.2, 0.25) is 0 Å². The average Bonchev–Trinajstić information content (AvgIpc) is 3.54. The zero-order valence-corrected chi connectivity index (χ0v) is 26.0. The summed E-state index contributed by atoms with van der Waals surface area (Å²) in [7, 11) is 1.85. The molecule has 1 saturated carbocycles. The molecule has 0 bridgehead atoms. The third kappa shape index (κ3) is 7.44. The maximum atomic E-state index is 13.7. The van der Waals surface area contributed by atoms with Crippen LogP contribution in [-0.2, 0) is 19.8 Å². The highest BCUT2D eigenvalue weighted by atomic mass is 19.4. The molecule has 0 radical (unpaired) electrons. The molecule has 3 heterocycles. The Morgan fingerprint density at radius 3 is 2.29 bits per heavy atom. The van der Waals surface area contributed by atoms with Gasteiger partial charge in [0.1, 0.15) is 11.9 Å². The van der Waals surface area contributed by atoms with Crippen molar-refractivity contribution in [2.45, 2.75) is 50.5 Å². The normalized spacial score (nSPS) is 16.1. The zero-order valence-electron chi connectivity index (χ0n) is 26.0. The number of nitriles is 1. The van der Waals surface area contributed by atoms with Crippen LogP contribution < -0.4 is 15.5 Å². The summed E-state index contributed by atoms with van der Waals surface area (Å²) >= 11 is 0. The number of benzene rings is 2. The molecule has 0 saturated heterocycles. The summed E-state index contributed by atoms with van der Waals surface area (Å²) in [6.07, 6.45) is 5.04. The van der Waals surface area contributed by atoms with Crippen LogP contribution >= 0.6 is 0 Å². The molecule has 1 fully saturated rings. The van der Waals surface area contributed by atoms with Crippen LogP contribution in [0.3, 0.4) is 0 Å². The highest BCUT2D eigenvalue weighted by Crippen LogP contribution is 2.33. The molecule has 0 atom stereocenters. The summed E-state index contributed by atoms with van der Waals surface area (Å²) in [6.45, 7) is 0.373. The first-order chi connectivity index (χ1) is 23.2. The van der Waals surface area contributed by atoms with E-state index in [9.17, 15) is 23.2 Å². The SMILES string of the molecule is Cn1cc(-c2ccc(N(C(=O)NCc3ccccc3)C3CCC(Nc4ncc(C#N)c(-c5ccc(C(F)(F)F)cc5)n4)CC3)nc2)cn1. The molecule has 13 heteroatoms. The predicted molar refractivity (Wildman–Crippen MR) is 174 cm³/mol. The van der Waals surface area contributed by atoms with E-state index >= 15 is 0 Å². The van der Waals surface area contributed by atoms with Crippen LogP contribution in [0.5, 0.6) is 0 Å². The molecular weight excluding hydrogens is 619 g/mol. The van der Waals surface area contributed by atoms with E-state index in [2.05, 4.69) is 30.7 Å². The van der Waals surface area contributed by atoms with Crippen LogP contribution in [0.15, 0.2) is 91.5 Å².